The summed E-state index contributed by atoms with van der Waals surface area (Å²) in [4.78, 5) is 13.9. The predicted octanol–water partition coefficient (Wildman–Crippen LogP) is 2.89. The van der Waals surface area contributed by atoms with E-state index in [4.69, 9.17) is 27.9 Å². The van der Waals surface area contributed by atoms with E-state index < -0.39 is 0 Å². The topological polar surface area (TPSA) is 41.6 Å². The Morgan fingerprint density at radius 2 is 2.10 bits per heavy atom. The summed E-state index contributed by atoms with van der Waals surface area (Å²) in [6.07, 6.45) is 0.475. The number of amides is 1. The minimum Gasteiger partial charge on any atom is -0.378 e. The van der Waals surface area contributed by atoms with E-state index in [1.54, 1.807) is 12.1 Å². The molecule has 1 aliphatic heterocycles. The van der Waals surface area contributed by atoms with Gasteiger partial charge in [0.2, 0.25) is 5.91 Å². The molecular weight excluding hydrogens is 311 g/mol. The molecule has 4 nitrogen and oxygen atoms in total. The molecule has 1 aromatic carbocycles. The summed E-state index contributed by atoms with van der Waals surface area (Å²) in [6, 6.07) is 5.46. The molecule has 1 saturated heterocycles. The van der Waals surface area contributed by atoms with Crippen LogP contribution in [0.1, 0.15) is 24.9 Å². The number of hydrogen-bond donors (Lipinski definition) is 1. The van der Waals surface area contributed by atoms with Gasteiger partial charge in [0, 0.05) is 42.1 Å². The number of ether oxygens (including phenoxy) is 1. The van der Waals surface area contributed by atoms with Gasteiger partial charge in [-0.25, -0.2) is 0 Å². The van der Waals surface area contributed by atoms with E-state index in [1.165, 1.54) is 0 Å². The Labute approximate surface area is 135 Å². The normalized spacial score (nSPS) is 16.8. The van der Waals surface area contributed by atoms with Crippen molar-refractivity contribution in [2.75, 3.05) is 32.8 Å². The average Bonchev–Trinajstić information content (AvgIpc) is 2.50. The molecule has 1 N–H and O–H groups in total. The van der Waals surface area contributed by atoms with Crippen molar-refractivity contribution < 1.29 is 9.53 Å². The van der Waals surface area contributed by atoms with Gasteiger partial charge >= 0.3 is 0 Å². The Morgan fingerprint density at radius 1 is 1.38 bits per heavy atom. The smallest absolute Gasteiger partial charge is 0.224 e. The zero-order valence-corrected chi connectivity index (χ0v) is 13.6. The number of halogens is 2. The van der Waals surface area contributed by atoms with Crippen molar-refractivity contribution in [3.05, 3.63) is 33.8 Å². The fourth-order valence-corrected chi connectivity index (χ4v) is 2.78. The fourth-order valence-electron chi connectivity index (χ4n) is 2.32. The van der Waals surface area contributed by atoms with Gasteiger partial charge in [0.1, 0.15) is 0 Å². The lowest BCUT2D eigenvalue weighted by Crippen LogP contribution is -2.41. The van der Waals surface area contributed by atoms with E-state index in [-0.39, 0.29) is 11.9 Å². The number of rotatable bonds is 5. The summed E-state index contributed by atoms with van der Waals surface area (Å²) >= 11 is 12.2. The molecule has 1 aliphatic rings. The highest BCUT2D eigenvalue weighted by molar-refractivity contribution is 6.33. The number of nitrogens with zero attached hydrogens (tertiary/aromatic N) is 1. The van der Waals surface area contributed by atoms with Crippen LogP contribution in [0.2, 0.25) is 10.0 Å². The summed E-state index contributed by atoms with van der Waals surface area (Å²) in [5.74, 6) is 0.162. The molecule has 1 aromatic rings. The van der Waals surface area contributed by atoms with Crippen molar-refractivity contribution in [3.8, 4) is 0 Å². The lowest BCUT2D eigenvalue weighted by molar-refractivity contribution is -0.135. The van der Waals surface area contributed by atoms with E-state index in [1.807, 2.05) is 17.9 Å². The highest BCUT2D eigenvalue weighted by atomic mass is 35.5. The average molecular weight is 331 g/mol. The molecular formula is C15H20Cl2N2O2. The predicted molar refractivity (Wildman–Crippen MR) is 84.9 cm³/mol. The molecule has 116 valence electrons. The van der Waals surface area contributed by atoms with E-state index in [9.17, 15) is 4.79 Å². The van der Waals surface area contributed by atoms with Crippen molar-refractivity contribution in [1.29, 1.82) is 0 Å². The van der Waals surface area contributed by atoms with Crippen LogP contribution in [0, 0.1) is 0 Å². The molecule has 0 spiro atoms. The van der Waals surface area contributed by atoms with Crippen LogP contribution in [-0.2, 0) is 9.53 Å². The summed E-state index contributed by atoms with van der Waals surface area (Å²) in [5, 5.41) is 4.65. The Hall–Kier alpha value is -0.810. The van der Waals surface area contributed by atoms with Crippen LogP contribution in [-0.4, -0.2) is 43.7 Å². The highest BCUT2D eigenvalue weighted by Crippen LogP contribution is 2.26. The molecule has 1 heterocycles. The van der Waals surface area contributed by atoms with Crippen LogP contribution in [0.5, 0.6) is 0 Å². The quantitative estimate of drug-likeness (QED) is 0.902. The van der Waals surface area contributed by atoms with Crippen LogP contribution in [0.3, 0.4) is 0 Å². The molecule has 0 radical (unpaired) electrons. The maximum atomic E-state index is 12.0. The molecule has 0 aliphatic carbocycles. The Morgan fingerprint density at radius 3 is 2.81 bits per heavy atom. The first-order valence-electron chi connectivity index (χ1n) is 7.12. The number of nitrogens with one attached hydrogen (secondary N) is 1. The molecule has 0 saturated carbocycles. The van der Waals surface area contributed by atoms with Gasteiger partial charge in [-0.3, -0.25) is 4.79 Å². The molecule has 1 unspecified atom stereocenters. The van der Waals surface area contributed by atoms with Gasteiger partial charge in [-0.2, -0.15) is 0 Å². The van der Waals surface area contributed by atoms with Crippen molar-refractivity contribution in [3.63, 3.8) is 0 Å². The first-order valence-corrected chi connectivity index (χ1v) is 7.87. The lowest BCUT2D eigenvalue weighted by atomic mass is 10.1. The van der Waals surface area contributed by atoms with Crippen LogP contribution >= 0.6 is 23.2 Å². The van der Waals surface area contributed by atoms with E-state index in [0.29, 0.717) is 49.3 Å². The van der Waals surface area contributed by atoms with Crippen LogP contribution in [0.15, 0.2) is 18.2 Å². The van der Waals surface area contributed by atoms with Gasteiger partial charge in [0.05, 0.1) is 13.2 Å². The van der Waals surface area contributed by atoms with Crippen LogP contribution < -0.4 is 5.32 Å². The molecule has 21 heavy (non-hydrogen) atoms. The first kappa shape index (κ1) is 16.6. The zero-order chi connectivity index (χ0) is 15.2. The number of benzene rings is 1. The van der Waals surface area contributed by atoms with Crippen molar-refractivity contribution in [2.24, 2.45) is 0 Å². The summed E-state index contributed by atoms with van der Waals surface area (Å²) < 4.78 is 5.24. The molecule has 1 amide bonds. The Kier molecular flexibility index (Phi) is 6.30. The zero-order valence-electron chi connectivity index (χ0n) is 12.1. The number of hydrogen-bond acceptors (Lipinski definition) is 3. The summed E-state index contributed by atoms with van der Waals surface area (Å²) in [6.45, 7) is 5.27. The fraction of sp³-hybridized carbons (Fsp3) is 0.533. The third kappa shape index (κ3) is 4.85. The maximum Gasteiger partial charge on any atom is 0.224 e. The second kappa shape index (κ2) is 7.99. The number of carbonyl (C=O) groups is 1. The molecule has 0 bridgehead atoms. The van der Waals surface area contributed by atoms with Crippen molar-refractivity contribution in [2.45, 2.75) is 19.4 Å². The minimum absolute atomic E-state index is 0.0497. The summed E-state index contributed by atoms with van der Waals surface area (Å²) in [7, 11) is 0. The van der Waals surface area contributed by atoms with E-state index in [2.05, 4.69) is 5.32 Å². The van der Waals surface area contributed by atoms with Crippen LogP contribution in [0.4, 0.5) is 0 Å². The van der Waals surface area contributed by atoms with Gasteiger partial charge < -0.3 is 15.0 Å². The third-order valence-corrected chi connectivity index (χ3v) is 4.16. The minimum atomic E-state index is 0.0497. The summed E-state index contributed by atoms with van der Waals surface area (Å²) in [5.41, 5.74) is 0.947. The molecule has 1 atom stereocenters. The van der Waals surface area contributed by atoms with E-state index in [0.717, 1.165) is 5.56 Å². The Bertz CT molecular complexity index is 491. The monoisotopic (exact) mass is 330 g/mol. The van der Waals surface area contributed by atoms with Crippen LogP contribution in [0.25, 0.3) is 0 Å². The van der Waals surface area contributed by atoms with E-state index >= 15 is 0 Å². The van der Waals surface area contributed by atoms with Crippen molar-refractivity contribution >= 4 is 29.1 Å². The largest absolute Gasteiger partial charge is 0.378 e. The molecule has 2 rings (SSSR count). The third-order valence-electron chi connectivity index (χ3n) is 3.58. The molecule has 6 heteroatoms. The number of morpholine rings is 1. The standard InChI is InChI=1S/C15H20Cl2N2O2/c1-11(13-10-12(16)2-3-14(13)17)18-5-4-15(20)19-6-8-21-9-7-19/h2-3,10-11,18H,4-9H2,1H3. The SMILES string of the molecule is CC(NCCC(=O)N1CCOCC1)c1cc(Cl)ccc1Cl. The number of carbonyl (C=O) groups excluding carboxylic acids is 1. The van der Waals surface area contributed by atoms with Gasteiger partial charge in [-0.1, -0.05) is 23.2 Å². The van der Waals surface area contributed by atoms with Gasteiger partial charge in [0.25, 0.3) is 0 Å². The molecule has 1 fully saturated rings. The lowest BCUT2D eigenvalue weighted by Gasteiger charge is -2.27. The van der Waals surface area contributed by atoms with Crippen molar-refractivity contribution in [1.82, 2.24) is 10.2 Å². The van der Waals surface area contributed by atoms with Gasteiger partial charge in [0.15, 0.2) is 0 Å². The van der Waals surface area contributed by atoms with Gasteiger partial charge in [-0.15, -0.1) is 0 Å². The van der Waals surface area contributed by atoms with Gasteiger partial charge in [-0.05, 0) is 30.7 Å². The molecule has 0 aromatic heterocycles. The highest BCUT2D eigenvalue weighted by Gasteiger charge is 2.17. The second-order valence-corrected chi connectivity index (χ2v) is 5.93. The maximum absolute atomic E-state index is 12.0. The first-order chi connectivity index (χ1) is 10.1. The second-order valence-electron chi connectivity index (χ2n) is 5.08. The Balaban J connectivity index is 1.79.